The highest BCUT2D eigenvalue weighted by atomic mass is 32.2. The average Bonchev–Trinajstić information content (AvgIpc) is 3.14. The van der Waals surface area contributed by atoms with E-state index in [0.717, 1.165) is 38.1 Å². The van der Waals surface area contributed by atoms with Crippen LogP contribution in [0.3, 0.4) is 0 Å². The van der Waals surface area contributed by atoms with Gasteiger partial charge in [-0.25, -0.2) is 13.8 Å². The first kappa shape index (κ1) is 27.9. The summed E-state index contributed by atoms with van der Waals surface area (Å²) in [5.41, 5.74) is 11.0. The molecule has 1 amide bonds. The Kier molecular flexibility index (Phi) is 8.06. The highest BCUT2D eigenvalue weighted by Gasteiger charge is 2.27. The van der Waals surface area contributed by atoms with Crippen molar-refractivity contribution in [3.63, 3.8) is 0 Å². The number of hydrazone groups is 1. The predicted octanol–water partition coefficient (Wildman–Crippen LogP) is 5.67. The Morgan fingerprint density at radius 2 is 1.41 bits per heavy atom. The van der Waals surface area contributed by atoms with E-state index >= 15 is 0 Å². The number of nitrogens with one attached hydrogen (secondary N) is 1. The normalized spacial score (nSPS) is 11.6. The molecule has 202 valence electrons. The van der Waals surface area contributed by atoms with Crippen molar-refractivity contribution in [1.82, 2.24) is 9.99 Å². The molecule has 0 unspecified atom stereocenters. The third kappa shape index (κ3) is 6.29. The van der Waals surface area contributed by atoms with Crippen LogP contribution in [0.5, 0.6) is 0 Å². The van der Waals surface area contributed by atoms with E-state index in [2.05, 4.69) is 47.1 Å². The minimum atomic E-state index is -3.99. The summed E-state index contributed by atoms with van der Waals surface area (Å²) in [5.74, 6) is -0.548. The molecule has 1 aromatic heterocycles. The summed E-state index contributed by atoms with van der Waals surface area (Å²) in [6.07, 6.45) is 1.59. The molecule has 39 heavy (non-hydrogen) atoms. The van der Waals surface area contributed by atoms with E-state index in [4.69, 9.17) is 0 Å². The van der Waals surface area contributed by atoms with E-state index in [1.807, 2.05) is 39.8 Å². The highest BCUT2D eigenvalue weighted by Crippen LogP contribution is 2.26. The monoisotopic (exact) mass is 542 g/mol. The number of hydrogen-bond acceptors (Lipinski definition) is 4. The maximum absolute atomic E-state index is 13.6. The molecule has 0 aliphatic rings. The maximum Gasteiger partial charge on any atom is 0.264 e. The summed E-state index contributed by atoms with van der Waals surface area (Å²) in [6, 6.07) is 22.0. The zero-order valence-electron chi connectivity index (χ0n) is 23.2. The van der Waals surface area contributed by atoms with Crippen LogP contribution in [0, 0.1) is 41.5 Å². The number of sulfonamides is 1. The molecule has 4 aromatic rings. The van der Waals surface area contributed by atoms with E-state index in [9.17, 15) is 13.2 Å². The number of amides is 1. The minimum Gasteiger partial charge on any atom is -0.318 e. The fourth-order valence-electron chi connectivity index (χ4n) is 4.86. The van der Waals surface area contributed by atoms with E-state index in [1.54, 1.807) is 36.5 Å². The van der Waals surface area contributed by atoms with Gasteiger partial charge in [-0.05, 0) is 106 Å². The Balaban J connectivity index is 1.58. The quantitative estimate of drug-likeness (QED) is 0.230. The van der Waals surface area contributed by atoms with Gasteiger partial charge in [0.1, 0.15) is 6.54 Å². The van der Waals surface area contributed by atoms with E-state index in [0.29, 0.717) is 5.69 Å². The molecule has 1 N–H and O–H groups in total. The van der Waals surface area contributed by atoms with Crippen molar-refractivity contribution in [2.24, 2.45) is 5.10 Å². The van der Waals surface area contributed by atoms with Crippen LogP contribution >= 0.6 is 0 Å². The van der Waals surface area contributed by atoms with Gasteiger partial charge in [0, 0.05) is 22.6 Å². The van der Waals surface area contributed by atoms with Gasteiger partial charge in [0.2, 0.25) is 0 Å². The first-order chi connectivity index (χ1) is 18.5. The van der Waals surface area contributed by atoms with Crippen LogP contribution in [0.15, 0.2) is 82.8 Å². The third-order valence-corrected chi connectivity index (χ3v) is 8.23. The number of anilines is 1. The number of hydrogen-bond donors (Lipinski definition) is 1. The number of nitrogens with zero attached hydrogens (tertiary/aromatic N) is 3. The number of carbonyl (C=O) groups excluding carboxylic acids is 1. The van der Waals surface area contributed by atoms with Gasteiger partial charge in [-0.1, -0.05) is 30.3 Å². The number of aryl methyl sites for hydroxylation is 5. The zero-order chi connectivity index (χ0) is 28.3. The molecule has 0 aliphatic carbocycles. The molecule has 0 aliphatic heterocycles. The lowest BCUT2D eigenvalue weighted by Gasteiger charge is -2.24. The van der Waals surface area contributed by atoms with Crippen molar-refractivity contribution < 1.29 is 13.2 Å². The molecule has 0 spiro atoms. The molecule has 8 heteroatoms. The lowest BCUT2D eigenvalue weighted by Crippen LogP contribution is -2.39. The first-order valence-corrected chi connectivity index (χ1v) is 14.2. The van der Waals surface area contributed by atoms with E-state index in [-0.39, 0.29) is 4.90 Å². The summed E-state index contributed by atoms with van der Waals surface area (Å²) in [4.78, 5) is 13.1. The van der Waals surface area contributed by atoms with Gasteiger partial charge in [-0.2, -0.15) is 5.10 Å². The summed E-state index contributed by atoms with van der Waals surface area (Å²) in [5, 5.41) is 4.16. The van der Waals surface area contributed by atoms with Crippen LogP contribution < -0.4 is 9.73 Å². The predicted molar refractivity (Wildman–Crippen MR) is 157 cm³/mol. The van der Waals surface area contributed by atoms with Gasteiger partial charge in [0.05, 0.1) is 16.8 Å². The largest absolute Gasteiger partial charge is 0.318 e. The molecule has 7 nitrogen and oxygen atoms in total. The second kappa shape index (κ2) is 11.3. The van der Waals surface area contributed by atoms with Crippen molar-refractivity contribution in [3.05, 3.63) is 112 Å². The molecule has 4 rings (SSSR count). The molecule has 0 fully saturated rings. The Bertz CT molecular complexity index is 1610. The van der Waals surface area contributed by atoms with Crippen LogP contribution in [-0.4, -0.2) is 31.7 Å². The number of aromatic nitrogens is 1. The fourth-order valence-corrected chi connectivity index (χ4v) is 6.29. The van der Waals surface area contributed by atoms with Crippen molar-refractivity contribution in [2.45, 2.75) is 46.4 Å². The number of benzene rings is 3. The second-order valence-corrected chi connectivity index (χ2v) is 11.8. The molecular weight excluding hydrogens is 508 g/mol. The molecule has 1 heterocycles. The number of rotatable bonds is 8. The van der Waals surface area contributed by atoms with Crippen LogP contribution in [0.2, 0.25) is 0 Å². The summed E-state index contributed by atoms with van der Waals surface area (Å²) in [6.45, 7) is 11.5. The molecule has 0 bridgehead atoms. The Morgan fingerprint density at radius 3 is 2.00 bits per heavy atom. The lowest BCUT2D eigenvalue weighted by atomic mass is 10.1. The van der Waals surface area contributed by atoms with Gasteiger partial charge < -0.3 is 4.57 Å². The van der Waals surface area contributed by atoms with Crippen molar-refractivity contribution in [1.29, 1.82) is 0 Å². The number of carbonyl (C=O) groups is 1. The molecule has 0 radical (unpaired) electrons. The Labute approximate surface area is 230 Å². The fraction of sp³-hybridized carbons (Fsp3) is 0.226. The van der Waals surface area contributed by atoms with Gasteiger partial charge in [0.15, 0.2) is 0 Å². The van der Waals surface area contributed by atoms with E-state index in [1.165, 1.54) is 23.3 Å². The molecule has 0 saturated heterocycles. The SMILES string of the molecule is Cc1cc(C)cc(N(CC(=O)N/N=C/c2cc(C)n(-c3cc(C)cc(C)c3)c2C)S(=O)(=O)c2ccccc2)c1. The summed E-state index contributed by atoms with van der Waals surface area (Å²) in [7, 11) is -3.99. The summed E-state index contributed by atoms with van der Waals surface area (Å²) >= 11 is 0. The van der Waals surface area contributed by atoms with Crippen molar-refractivity contribution in [2.75, 3.05) is 10.8 Å². The standard InChI is InChI=1S/C31H34N4O3S/c1-21-12-22(2)15-28(14-21)34(39(37,38)30-10-8-7-9-11-30)20-31(36)33-32-19-27-18-25(5)35(26(27)6)29-16-23(3)13-24(4)17-29/h7-19H,20H2,1-6H3,(H,33,36)/b32-19+. The average molecular weight is 543 g/mol. The minimum absolute atomic E-state index is 0.110. The lowest BCUT2D eigenvalue weighted by molar-refractivity contribution is -0.119. The van der Waals surface area contributed by atoms with Gasteiger partial charge in [-0.3, -0.25) is 9.10 Å². The van der Waals surface area contributed by atoms with Gasteiger partial charge in [-0.15, -0.1) is 0 Å². The molecule has 0 saturated carbocycles. The van der Waals surface area contributed by atoms with E-state index < -0.39 is 22.5 Å². The maximum atomic E-state index is 13.6. The van der Waals surface area contributed by atoms with Crippen LogP contribution in [0.1, 0.15) is 39.2 Å². The van der Waals surface area contributed by atoms with Crippen molar-refractivity contribution >= 4 is 27.8 Å². The molecule has 0 atom stereocenters. The van der Waals surface area contributed by atoms with Crippen molar-refractivity contribution in [3.8, 4) is 5.69 Å². The highest BCUT2D eigenvalue weighted by molar-refractivity contribution is 7.92. The smallest absolute Gasteiger partial charge is 0.264 e. The zero-order valence-corrected chi connectivity index (χ0v) is 24.0. The Hall–Kier alpha value is -4.17. The Morgan fingerprint density at radius 1 is 0.846 bits per heavy atom. The van der Waals surface area contributed by atoms with Crippen LogP contribution in [-0.2, 0) is 14.8 Å². The first-order valence-electron chi connectivity index (χ1n) is 12.7. The summed E-state index contributed by atoms with van der Waals surface area (Å²) < 4.78 is 30.4. The molecular formula is C31H34N4O3S. The topological polar surface area (TPSA) is 83.8 Å². The third-order valence-electron chi connectivity index (χ3n) is 6.44. The van der Waals surface area contributed by atoms with Gasteiger partial charge >= 0.3 is 0 Å². The molecule has 3 aromatic carbocycles. The van der Waals surface area contributed by atoms with Gasteiger partial charge in [0.25, 0.3) is 15.9 Å². The van der Waals surface area contributed by atoms with Crippen LogP contribution in [0.25, 0.3) is 5.69 Å². The second-order valence-electron chi connectivity index (χ2n) is 9.97. The van der Waals surface area contributed by atoms with Crippen LogP contribution in [0.4, 0.5) is 5.69 Å².